The summed E-state index contributed by atoms with van der Waals surface area (Å²) in [6.45, 7) is 8.32. The van der Waals surface area contributed by atoms with E-state index < -0.39 is 0 Å². The molecule has 0 saturated carbocycles. The Morgan fingerprint density at radius 1 is 0.950 bits per heavy atom. The van der Waals surface area contributed by atoms with E-state index in [1.165, 1.54) is 5.56 Å². The second-order valence-corrected chi connectivity index (χ2v) is 4.63. The van der Waals surface area contributed by atoms with E-state index >= 15 is 0 Å². The SMILES string of the molecule is CC.COc1ccc(O)cc1-c1ccccc1C(C)C. The first-order valence-electron chi connectivity index (χ1n) is 7.09. The Morgan fingerprint density at radius 2 is 1.60 bits per heavy atom. The monoisotopic (exact) mass is 272 g/mol. The van der Waals surface area contributed by atoms with Gasteiger partial charge in [-0.3, -0.25) is 0 Å². The second-order valence-electron chi connectivity index (χ2n) is 4.63. The van der Waals surface area contributed by atoms with E-state index in [-0.39, 0.29) is 5.75 Å². The van der Waals surface area contributed by atoms with Crippen LogP contribution in [0.1, 0.15) is 39.2 Å². The smallest absolute Gasteiger partial charge is 0.126 e. The van der Waals surface area contributed by atoms with Crippen molar-refractivity contribution in [2.45, 2.75) is 33.6 Å². The molecule has 0 aliphatic heterocycles. The highest BCUT2D eigenvalue weighted by molar-refractivity contribution is 5.75. The minimum Gasteiger partial charge on any atom is -0.508 e. The average Bonchev–Trinajstić information content (AvgIpc) is 2.49. The molecule has 0 unspecified atom stereocenters. The van der Waals surface area contributed by atoms with Gasteiger partial charge in [-0.05, 0) is 35.2 Å². The molecule has 108 valence electrons. The van der Waals surface area contributed by atoms with Crippen LogP contribution in [-0.4, -0.2) is 12.2 Å². The van der Waals surface area contributed by atoms with E-state index in [1.807, 2.05) is 26.0 Å². The van der Waals surface area contributed by atoms with E-state index in [4.69, 9.17) is 4.74 Å². The average molecular weight is 272 g/mol. The summed E-state index contributed by atoms with van der Waals surface area (Å²) >= 11 is 0. The number of ether oxygens (including phenoxy) is 1. The number of rotatable bonds is 3. The molecule has 0 atom stereocenters. The molecule has 0 saturated heterocycles. The number of hydrogen-bond acceptors (Lipinski definition) is 2. The van der Waals surface area contributed by atoms with Crippen molar-refractivity contribution in [2.75, 3.05) is 7.11 Å². The van der Waals surface area contributed by atoms with Gasteiger partial charge >= 0.3 is 0 Å². The third-order valence-electron chi connectivity index (χ3n) is 3.06. The number of hydrogen-bond donors (Lipinski definition) is 1. The quantitative estimate of drug-likeness (QED) is 0.830. The van der Waals surface area contributed by atoms with Gasteiger partial charge in [-0.15, -0.1) is 0 Å². The predicted octanol–water partition coefficient (Wildman–Crippen LogP) is 5.22. The molecule has 1 N–H and O–H groups in total. The molecule has 2 nitrogen and oxygen atoms in total. The van der Waals surface area contributed by atoms with Gasteiger partial charge in [0.1, 0.15) is 11.5 Å². The molecule has 0 amide bonds. The molecule has 2 rings (SSSR count). The summed E-state index contributed by atoms with van der Waals surface area (Å²) in [5.74, 6) is 1.46. The zero-order valence-corrected chi connectivity index (χ0v) is 13.0. The largest absolute Gasteiger partial charge is 0.508 e. The Morgan fingerprint density at radius 3 is 2.20 bits per heavy atom. The van der Waals surface area contributed by atoms with Crippen LogP contribution in [0.15, 0.2) is 42.5 Å². The predicted molar refractivity (Wildman–Crippen MR) is 85.5 cm³/mol. The Kier molecular flexibility index (Phi) is 6.10. The zero-order valence-electron chi connectivity index (χ0n) is 13.0. The summed E-state index contributed by atoms with van der Waals surface area (Å²) < 4.78 is 5.38. The van der Waals surface area contributed by atoms with Gasteiger partial charge in [0.25, 0.3) is 0 Å². The lowest BCUT2D eigenvalue weighted by Gasteiger charge is -2.15. The lowest BCUT2D eigenvalue weighted by Crippen LogP contribution is -1.94. The minimum atomic E-state index is 0.254. The van der Waals surface area contributed by atoms with Crippen LogP contribution in [0.4, 0.5) is 0 Å². The van der Waals surface area contributed by atoms with E-state index in [1.54, 1.807) is 25.3 Å². The summed E-state index contributed by atoms with van der Waals surface area (Å²) in [5, 5.41) is 9.67. The van der Waals surface area contributed by atoms with Crippen molar-refractivity contribution in [1.82, 2.24) is 0 Å². The summed E-state index contributed by atoms with van der Waals surface area (Å²) in [7, 11) is 1.65. The molecule has 2 aromatic rings. The van der Waals surface area contributed by atoms with Crippen molar-refractivity contribution in [2.24, 2.45) is 0 Å². The molecule has 0 aliphatic rings. The van der Waals surface area contributed by atoms with Crippen molar-refractivity contribution in [3.63, 3.8) is 0 Å². The molecule has 0 aromatic heterocycles. The van der Waals surface area contributed by atoms with Gasteiger partial charge in [-0.25, -0.2) is 0 Å². The number of methoxy groups -OCH3 is 1. The highest BCUT2D eigenvalue weighted by Gasteiger charge is 2.12. The van der Waals surface area contributed by atoms with Crippen LogP contribution in [0.3, 0.4) is 0 Å². The third kappa shape index (κ3) is 3.53. The molecule has 0 heterocycles. The van der Waals surface area contributed by atoms with E-state index in [0.717, 1.165) is 16.9 Å². The Hall–Kier alpha value is -1.96. The molecular weight excluding hydrogens is 248 g/mol. The molecule has 0 bridgehead atoms. The van der Waals surface area contributed by atoms with Gasteiger partial charge in [-0.1, -0.05) is 52.0 Å². The van der Waals surface area contributed by atoms with Gasteiger partial charge in [0, 0.05) is 5.56 Å². The maximum Gasteiger partial charge on any atom is 0.126 e. The van der Waals surface area contributed by atoms with Gasteiger partial charge in [0.15, 0.2) is 0 Å². The molecule has 2 heteroatoms. The standard InChI is InChI=1S/C16H18O2.C2H6/c1-11(2)13-6-4-5-7-14(13)15-10-12(17)8-9-16(15)18-3;1-2/h4-11,17H,1-3H3;1-2H3. The fraction of sp³-hybridized carbons (Fsp3) is 0.333. The number of aromatic hydroxyl groups is 1. The fourth-order valence-electron chi connectivity index (χ4n) is 2.15. The summed E-state index contributed by atoms with van der Waals surface area (Å²) in [5.41, 5.74) is 3.29. The molecule has 0 spiro atoms. The maximum atomic E-state index is 9.67. The van der Waals surface area contributed by atoms with Crippen LogP contribution in [0, 0.1) is 0 Å². The topological polar surface area (TPSA) is 29.5 Å². The Balaban J connectivity index is 0.000000956. The zero-order chi connectivity index (χ0) is 15.1. The van der Waals surface area contributed by atoms with Crippen LogP contribution in [0.5, 0.6) is 11.5 Å². The highest BCUT2D eigenvalue weighted by Crippen LogP contribution is 2.37. The van der Waals surface area contributed by atoms with Gasteiger partial charge in [0.2, 0.25) is 0 Å². The summed E-state index contributed by atoms with van der Waals surface area (Å²) in [6.07, 6.45) is 0. The molecule has 0 fully saturated rings. The molecule has 2 aromatic carbocycles. The number of phenolic OH excluding ortho intramolecular Hbond substituents is 1. The van der Waals surface area contributed by atoms with E-state index in [9.17, 15) is 5.11 Å². The summed E-state index contributed by atoms with van der Waals surface area (Å²) in [4.78, 5) is 0. The number of benzene rings is 2. The summed E-state index contributed by atoms with van der Waals surface area (Å²) in [6, 6.07) is 13.4. The molecule has 0 radical (unpaired) electrons. The van der Waals surface area contributed by atoms with Crippen LogP contribution in [-0.2, 0) is 0 Å². The van der Waals surface area contributed by atoms with Crippen LogP contribution >= 0.6 is 0 Å². The third-order valence-corrected chi connectivity index (χ3v) is 3.06. The molecule has 20 heavy (non-hydrogen) atoms. The fourth-order valence-corrected chi connectivity index (χ4v) is 2.15. The number of phenols is 1. The first kappa shape index (κ1) is 16.1. The lowest BCUT2D eigenvalue weighted by atomic mass is 9.92. The minimum absolute atomic E-state index is 0.254. The van der Waals surface area contributed by atoms with Gasteiger partial charge < -0.3 is 9.84 Å². The maximum absolute atomic E-state index is 9.67. The first-order chi connectivity index (χ1) is 9.63. The van der Waals surface area contributed by atoms with E-state index in [0.29, 0.717) is 5.92 Å². The molecular formula is C18H24O2. The van der Waals surface area contributed by atoms with Crippen LogP contribution in [0.2, 0.25) is 0 Å². The normalized spacial score (nSPS) is 9.90. The highest BCUT2D eigenvalue weighted by atomic mass is 16.5. The van der Waals surface area contributed by atoms with Crippen LogP contribution in [0.25, 0.3) is 11.1 Å². The second kappa shape index (κ2) is 7.59. The molecule has 0 aliphatic carbocycles. The van der Waals surface area contributed by atoms with Gasteiger partial charge in [0.05, 0.1) is 7.11 Å². The van der Waals surface area contributed by atoms with Crippen molar-refractivity contribution in [3.05, 3.63) is 48.0 Å². The van der Waals surface area contributed by atoms with Crippen LogP contribution < -0.4 is 4.74 Å². The lowest BCUT2D eigenvalue weighted by molar-refractivity contribution is 0.414. The van der Waals surface area contributed by atoms with Crippen molar-refractivity contribution in [3.8, 4) is 22.6 Å². The van der Waals surface area contributed by atoms with Gasteiger partial charge in [-0.2, -0.15) is 0 Å². The Bertz CT molecular complexity index is 545. The van der Waals surface area contributed by atoms with E-state index in [2.05, 4.69) is 26.0 Å². The van der Waals surface area contributed by atoms with Crippen molar-refractivity contribution >= 4 is 0 Å². The van der Waals surface area contributed by atoms with Crippen molar-refractivity contribution in [1.29, 1.82) is 0 Å². The Labute approximate surface area is 122 Å². The van der Waals surface area contributed by atoms with Crippen molar-refractivity contribution < 1.29 is 9.84 Å². The first-order valence-corrected chi connectivity index (χ1v) is 7.09.